The number of alkyl halides is 2. The Hall–Kier alpha value is -2.18. The molecule has 1 aromatic carbocycles. The van der Waals surface area contributed by atoms with Crippen molar-refractivity contribution >= 4 is 12.1 Å². The Morgan fingerprint density at radius 3 is 2.39 bits per heavy atom. The summed E-state index contributed by atoms with van der Waals surface area (Å²) in [5.74, 6) is -1.82. The zero-order chi connectivity index (χ0) is 13.5. The second kappa shape index (κ2) is 6.53. The van der Waals surface area contributed by atoms with Crippen LogP contribution >= 0.6 is 0 Å². The third-order valence-electron chi connectivity index (χ3n) is 2.00. The Kier molecular flexibility index (Phi) is 5.04. The zero-order valence-electron chi connectivity index (χ0n) is 9.18. The summed E-state index contributed by atoms with van der Waals surface area (Å²) in [7, 11) is 0. The lowest BCUT2D eigenvalue weighted by molar-refractivity contribution is -0.143. The fourth-order valence-corrected chi connectivity index (χ4v) is 1.12. The first kappa shape index (κ1) is 13.9. The number of hydrogen-bond donors (Lipinski definition) is 2. The van der Waals surface area contributed by atoms with Crippen molar-refractivity contribution in [1.29, 1.82) is 0 Å². The molecule has 0 bridgehead atoms. The molecule has 98 valence electrons. The molecule has 1 aromatic rings. The topological polar surface area (TPSA) is 75.6 Å². The van der Waals surface area contributed by atoms with Gasteiger partial charge in [-0.3, -0.25) is 0 Å². The quantitative estimate of drug-likeness (QED) is 0.842. The van der Waals surface area contributed by atoms with Gasteiger partial charge in [-0.2, -0.15) is 0 Å². The lowest BCUT2D eigenvalue weighted by atomic mass is 10.2. The molecule has 1 amide bonds. The molecule has 18 heavy (non-hydrogen) atoms. The van der Waals surface area contributed by atoms with Crippen LogP contribution in [0.2, 0.25) is 0 Å². The van der Waals surface area contributed by atoms with Crippen LogP contribution in [0, 0.1) is 0 Å². The Labute approximate surface area is 101 Å². The number of alkyl carbamates (subject to hydrolysis) is 1. The van der Waals surface area contributed by atoms with Crippen molar-refractivity contribution in [3.8, 4) is 0 Å². The summed E-state index contributed by atoms with van der Waals surface area (Å²) in [6.07, 6.45) is -4.40. The smallest absolute Gasteiger partial charge is 0.408 e. The van der Waals surface area contributed by atoms with Crippen LogP contribution in [-0.2, 0) is 16.1 Å². The van der Waals surface area contributed by atoms with E-state index in [-0.39, 0.29) is 6.61 Å². The first-order chi connectivity index (χ1) is 8.50. The van der Waals surface area contributed by atoms with E-state index in [0.29, 0.717) is 5.56 Å². The van der Waals surface area contributed by atoms with Crippen LogP contribution in [-0.4, -0.2) is 29.6 Å². The summed E-state index contributed by atoms with van der Waals surface area (Å²) in [6.45, 7) is -0.123. The Bertz CT molecular complexity index is 411. The summed E-state index contributed by atoms with van der Waals surface area (Å²) in [6, 6.07) is 6.28. The van der Waals surface area contributed by atoms with Crippen molar-refractivity contribution in [1.82, 2.24) is 5.32 Å². The van der Waals surface area contributed by atoms with Crippen molar-refractivity contribution in [2.24, 2.45) is 0 Å². The summed E-state index contributed by atoms with van der Waals surface area (Å²) in [4.78, 5) is 21.5. The number of benzene rings is 1. The van der Waals surface area contributed by atoms with Gasteiger partial charge in [0.1, 0.15) is 6.61 Å². The van der Waals surface area contributed by atoms with E-state index in [1.54, 1.807) is 35.6 Å². The van der Waals surface area contributed by atoms with E-state index in [9.17, 15) is 18.4 Å². The maximum atomic E-state index is 12.2. The van der Waals surface area contributed by atoms with Crippen molar-refractivity contribution in [2.75, 3.05) is 0 Å². The molecule has 0 saturated carbocycles. The molecule has 0 heterocycles. The molecule has 0 fully saturated rings. The van der Waals surface area contributed by atoms with Crippen LogP contribution < -0.4 is 5.32 Å². The monoisotopic (exact) mass is 259 g/mol. The van der Waals surface area contributed by atoms with Crippen molar-refractivity contribution in [2.45, 2.75) is 19.1 Å². The largest absolute Gasteiger partial charge is 0.480 e. The molecule has 0 aromatic heterocycles. The van der Waals surface area contributed by atoms with Gasteiger partial charge in [0.05, 0.1) is 0 Å². The molecule has 0 saturated heterocycles. The molecule has 1 atom stereocenters. The molecule has 5 nitrogen and oxygen atoms in total. The number of carboxylic acids is 1. The van der Waals surface area contributed by atoms with Gasteiger partial charge >= 0.3 is 12.1 Å². The summed E-state index contributed by atoms with van der Waals surface area (Å²) >= 11 is 0. The Morgan fingerprint density at radius 2 is 1.89 bits per heavy atom. The molecule has 1 rings (SSSR count). The molecule has 0 spiro atoms. The van der Waals surface area contributed by atoms with E-state index < -0.39 is 24.5 Å². The van der Waals surface area contributed by atoms with Crippen molar-refractivity contribution in [3.05, 3.63) is 35.9 Å². The number of aliphatic carboxylic acids is 1. The van der Waals surface area contributed by atoms with Gasteiger partial charge in [-0.25, -0.2) is 18.4 Å². The lowest BCUT2D eigenvalue weighted by Crippen LogP contribution is -2.45. The van der Waals surface area contributed by atoms with Crippen LogP contribution in [0.25, 0.3) is 0 Å². The lowest BCUT2D eigenvalue weighted by Gasteiger charge is -2.13. The highest BCUT2D eigenvalue weighted by Gasteiger charge is 2.30. The van der Waals surface area contributed by atoms with E-state index in [1.165, 1.54) is 0 Å². The average Bonchev–Trinajstić information content (AvgIpc) is 2.34. The molecular formula is C11H11F2NO4. The van der Waals surface area contributed by atoms with E-state index in [1.807, 2.05) is 0 Å². The summed E-state index contributed by atoms with van der Waals surface area (Å²) in [5.41, 5.74) is 0.663. The number of nitrogens with one attached hydrogen (secondary N) is 1. The van der Waals surface area contributed by atoms with Crippen molar-refractivity contribution in [3.63, 3.8) is 0 Å². The molecule has 2 N–H and O–H groups in total. The third kappa shape index (κ3) is 4.36. The van der Waals surface area contributed by atoms with E-state index in [2.05, 4.69) is 4.74 Å². The van der Waals surface area contributed by atoms with Crippen LogP contribution in [0.5, 0.6) is 0 Å². The zero-order valence-corrected chi connectivity index (χ0v) is 9.18. The second-order valence-electron chi connectivity index (χ2n) is 3.36. The van der Waals surface area contributed by atoms with Gasteiger partial charge in [-0.15, -0.1) is 0 Å². The standard InChI is InChI=1S/C11H11F2NO4/c12-9(13)8(10(15)16)14-11(17)18-6-7-4-2-1-3-5-7/h1-5,8-9H,6H2,(H,14,17)(H,15,16)/t8-/m1/s1. The minimum atomic E-state index is -3.20. The highest BCUT2D eigenvalue weighted by Crippen LogP contribution is 2.03. The molecule has 7 heteroatoms. The number of rotatable bonds is 5. The van der Waals surface area contributed by atoms with Gasteiger partial charge in [0.15, 0.2) is 6.04 Å². The molecule has 0 unspecified atom stereocenters. The number of carboxylic acid groups (broad SMARTS) is 1. The van der Waals surface area contributed by atoms with Gasteiger partial charge in [0.2, 0.25) is 0 Å². The number of ether oxygens (including phenoxy) is 1. The van der Waals surface area contributed by atoms with Gasteiger partial charge < -0.3 is 15.2 Å². The second-order valence-corrected chi connectivity index (χ2v) is 3.36. The summed E-state index contributed by atoms with van der Waals surface area (Å²) < 4.78 is 29.1. The fourth-order valence-electron chi connectivity index (χ4n) is 1.12. The Morgan fingerprint density at radius 1 is 1.28 bits per heavy atom. The minimum absolute atomic E-state index is 0.123. The van der Waals surface area contributed by atoms with Crippen LogP contribution in [0.4, 0.5) is 13.6 Å². The van der Waals surface area contributed by atoms with Crippen molar-refractivity contribution < 1.29 is 28.2 Å². The van der Waals surface area contributed by atoms with Gasteiger partial charge in [-0.05, 0) is 5.56 Å². The van der Waals surface area contributed by atoms with Gasteiger partial charge in [-0.1, -0.05) is 30.3 Å². The highest BCUT2D eigenvalue weighted by molar-refractivity contribution is 5.80. The van der Waals surface area contributed by atoms with Crippen LogP contribution in [0.15, 0.2) is 30.3 Å². The van der Waals surface area contributed by atoms with Crippen LogP contribution in [0.3, 0.4) is 0 Å². The van der Waals surface area contributed by atoms with Crippen LogP contribution in [0.1, 0.15) is 5.56 Å². The van der Waals surface area contributed by atoms with Gasteiger partial charge in [0, 0.05) is 0 Å². The Balaban J connectivity index is 2.44. The molecule has 0 aliphatic carbocycles. The highest BCUT2D eigenvalue weighted by atomic mass is 19.3. The number of halogens is 2. The molecule has 0 radical (unpaired) electrons. The first-order valence-corrected chi connectivity index (χ1v) is 4.99. The van der Waals surface area contributed by atoms with Gasteiger partial charge in [0.25, 0.3) is 6.43 Å². The number of amides is 1. The van der Waals surface area contributed by atoms with E-state index in [0.717, 1.165) is 0 Å². The fraction of sp³-hybridized carbons (Fsp3) is 0.273. The predicted molar refractivity (Wildman–Crippen MR) is 57.2 cm³/mol. The minimum Gasteiger partial charge on any atom is -0.480 e. The SMILES string of the molecule is O=C(N[C@@H](C(=O)O)C(F)F)OCc1ccccc1. The number of carbonyl (C=O) groups excluding carboxylic acids is 1. The van der Waals surface area contributed by atoms with E-state index >= 15 is 0 Å². The summed E-state index contributed by atoms with van der Waals surface area (Å²) in [5, 5.41) is 10.0. The normalized spacial score (nSPS) is 11.9. The number of carbonyl (C=O) groups is 2. The maximum absolute atomic E-state index is 12.2. The average molecular weight is 259 g/mol. The molecule has 0 aliphatic rings. The first-order valence-electron chi connectivity index (χ1n) is 4.99. The maximum Gasteiger partial charge on any atom is 0.408 e. The van der Waals surface area contributed by atoms with E-state index in [4.69, 9.17) is 5.11 Å². The third-order valence-corrected chi connectivity index (χ3v) is 2.00. The predicted octanol–water partition coefficient (Wildman–Crippen LogP) is 1.63. The molecule has 0 aliphatic heterocycles. The number of hydrogen-bond acceptors (Lipinski definition) is 3. The molecular weight excluding hydrogens is 248 g/mol.